The SMILES string of the molecule is O=C1/C(=C\c2ccc(-c3ccc(Cl)cc3Cl)o2)SC(=S)N1c1ccccc1. The topological polar surface area (TPSA) is 33.5 Å². The number of thiocarbonyl (C=S) groups is 1. The first-order valence-electron chi connectivity index (χ1n) is 7.91. The molecule has 0 radical (unpaired) electrons. The van der Waals surface area contributed by atoms with E-state index in [2.05, 4.69) is 0 Å². The molecule has 1 aliphatic rings. The number of hydrogen-bond acceptors (Lipinski definition) is 4. The Morgan fingerprint density at radius 1 is 1.04 bits per heavy atom. The van der Waals surface area contributed by atoms with Crippen LogP contribution in [-0.2, 0) is 4.79 Å². The number of carbonyl (C=O) groups excluding carboxylic acids is 1. The molecule has 0 aliphatic carbocycles. The third-order valence-electron chi connectivity index (χ3n) is 3.90. The minimum atomic E-state index is -0.168. The Labute approximate surface area is 175 Å². The van der Waals surface area contributed by atoms with Gasteiger partial charge < -0.3 is 4.42 Å². The zero-order valence-corrected chi connectivity index (χ0v) is 16.8. The van der Waals surface area contributed by atoms with Gasteiger partial charge in [-0.1, -0.05) is 65.4 Å². The molecule has 1 aliphatic heterocycles. The summed E-state index contributed by atoms with van der Waals surface area (Å²) < 4.78 is 6.34. The number of rotatable bonds is 3. The Morgan fingerprint density at radius 3 is 2.56 bits per heavy atom. The highest BCUT2D eigenvalue weighted by Crippen LogP contribution is 2.37. The fourth-order valence-corrected chi connectivity index (χ4v) is 4.44. The highest BCUT2D eigenvalue weighted by molar-refractivity contribution is 8.27. The van der Waals surface area contributed by atoms with E-state index in [4.69, 9.17) is 39.8 Å². The summed E-state index contributed by atoms with van der Waals surface area (Å²) in [5.74, 6) is 0.977. The van der Waals surface area contributed by atoms with Crippen LogP contribution >= 0.6 is 47.2 Å². The predicted octanol–water partition coefficient (Wildman–Crippen LogP) is 6.66. The molecule has 0 unspecified atom stereocenters. The first-order valence-corrected chi connectivity index (χ1v) is 9.89. The molecule has 4 rings (SSSR count). The second-order valence-electron chi connectivity index (χ2n) is 5.68. The van der Waals surface area contributed by atoms with Crippen molar-refractivity contribution in [3.63, 3.8) is 0 Å². The van der Waals surface area contributed by atoms with Gasteiger partial charge in [-0.25, -0.2) is 0 Å². The molecule has 1 amide bonds. The number of amides is 1. The first-order chi connectivity index (χ1) is 13.0. The van der Waals surface area contributed by atoms with Crippen LogP contribution in [0.15, 0.2) is 70.0 Å². The molecule has 1 saturated heterocycles. The molecular formula is C20H11Cl2NO2S2. The Bertz CT molecular complexity index is 1080. The molecule has 3 aromatic rings. The van der Waals surface area contributed by atoms with Gasteiger partial charge in [-0.3, -0.25) is 9.69 Å². The van der Waals surface area contributed by atoms with Crippen LogP contribution in [0.2, 0.25) is 10.0 Å². The van der Waals surface area contributed by atoms with Crippen LogP contribution < -0.4 is 4.90 Å². The molecule has 0 atom stereocenters. The van der Waals surface area contributed by atoms with Crippen molar-refractivity contribution in [3.8, 4) is 11.3 Å². The van der Waals surface area contributed by atoms with Crippen LogP contribution in [0.1, 0.15) is 5.76 Å². The quantitative estimate of drug-likeness (QED) is 0.342. The van der Waals surface area contributed by atoms with Crippen LogP contribution in [0.5, 0.6) is 0 Å². The summed E-state index contributed by atoms with van der Waals surface area (Å²) >= 11 is 18.8. The fraction of sp³-hybridized carbons (Fsp3) is 0. The molecule has 3 nitrogen and oxygen atoms in total. The van der Waals surface area contributed by atoms with E-state index >= 15 is 0 Å². The van der Waals surface area contributed by atoms with Gasteiger partial charge in [0.2, 0.25) is 0 Å². The van der Waals surface area contributed by atoms with Gasteiger partial charge in [0, 0.05) is 16.7 Å². The van der Waals surface area contributed by atoms with E-state index in [9.17, 15) is 4.79 Å². The van der Waals surface area contributed by atoms with Gasteiger partial charge in [0.05, 0.1) is 15.6 Å². The van der Waals surface area contributed by atoms with E-state index in [0.717, 1.165) is 11.3 Å². The lowest BCUT2D eigenvalue weighted by Crippen LogP contribution is -2.27. The van der Waals surface area contributed by atoms with Crippen LogP contribution in [0, 0.1) is 0 Å². The Balaban J connectivity index is 1.62. The third kappa shape index (κ3) is 3.69. The lowest BCUT2D eigenvalue weighted by Gasteiger charge is -2.13. The van der Waals surface area contributed by atoms with E-state index < -0.39 is 0 Å². The summed E-state index contributed by atoms with van der Waals surface area (Å²) in [6.07, 6.45) is 1.69. The maximum Gasteiger partial charge on any atom is 0.270 e. The van der Waals surface area contributed by atoms with Crippen molar-refractivity contribution in [1.82, 2.24) is 0 Å². The number of carbonyl (C=O) groups is 1. The number of nitrogens with zero attached hydrogens (tertiary/aromatic N) is 1. The lowest BCUT2D eigenvalue weighted by molar-refractivity contribution is -0.113. The maximum absolute atomic E-state index is 12.8. The number of para-hydroxylation sites is 1. The third-order valence-corrected chi connectivity index (χ3v) is 5.75. The molecule has 2 heterocycles. The second-order valence-corrected chi connectivity index (χ2v) is 8.20. The molecule has 134 valence electrons. The highest BCUT2D eigenvalue weighted by atomic mass is 35.5. The molecule has 0 saturated carbocycles. The van der Waals surface area contributed by atoms with Crippen LogP contribution in [0.4, 0.5) is 5.69 Å². The monoisotopic (exact) mass is 431 g/mol. The molecule has 1 aromatic heterocycles. The zero-order valence-electron chi connectivity index (χ0n) is 13.7. The number of benzene rings is 2. The number of furan rings is 1. The van der Waals surface area contributed by atoms with Crippen molar-refractivity contribution < 1.29 is 9.21 Å². The minimum absolute atomic E-state index is 0.168. The van der Waals surface area contributed by atoms with Crippen LogP contribution in [0.25, 0.3) is 17.4 Å². The fourth-order valence-electron chi connectivity index (χ4n) is 2.66. The molecular weight excluding hydrogens is 421 g/mol. The van der Waals surface area contributed by atoms with Gasteiger partial charge in [-0.15, -0.1) is 0 Å². The predicted molar refractivity (Wildman–Crippen MR) is 116 cm³/mol. The summed E-state index contributed by atoms with van der Waals surface area (Å²) in [4.78, 5) is 14.8. The molecule has 7 heteroatoms. The maximum atomic E-state index is 12.8. The van der Waals surface area contributed by atoms with Crippen LogP contribution in [-0.4, -0.2) is 10.2 Å². The molecule has 0 bridgehead atoms. The van der Waals surface area contributed by atoms with Gasteiger partial charge in [0.15, 0.2) is 4.32 Å². The van der Waals surface area contributed by atoms with E-state index in [-0.39, 0.29) is 5.91 Å². The largest absolute Gasteiger partial charge is 0.457 e. The highest BCUT2D eigenvalue weighted by Gasteiger charge is 2.33. The molecule has 0 spiro atoms. The molecule has 2 aromatic carbocycles. The minimum Gasteiger partial charge on any atom is -0.457 e. The Hall–Kier alpha value is -2.05. The summed E-state index contributed by atoms with van der Waals surface area (Å²) in [6, 6.07) is 18.1. The number of halogens is 2. The summed E-state index contributed by atoms with van der Waals surface area (Å²) in [6.45, 7) is 0. The van der Waals surface area contributed by atoms with Gasteiger partial charge in [-0.2, -0.15) is 0 Å². The van der Waals surface area contributed by atoms with Gasteiger partial charge in [-0.05, 0) is 42.5 Å². The number of thioether (sulfide) groups is 1. The van der Waals surface area contributed by atoms with E-state index in [1.54, 1.807) is 36.4 Å². The summed E-state index contributed by atoms with van der Waals surface area (Å²) in [5.41, 5.74) is 1.48. The van der Waals surface area contributed by atoms with Crippen molar-refractivity contribution >= 4 is 69.2 Å². The average molecular weight is 432 g/mol. The number of anilines is 1. The summed E-state index contributed by atoms with van der Waals surface area (Å²) in [5, 5.41) is 1.05. The smallest absolute Gasteiger partial charge is 0.270 e. The first kappa shape index (κ1) is 18.3. The number of hydrogen-bond donors (Lipinski definition) is 0. The van der Waals surface area contributed by atoms with Crippen molar-refractivity contribution in [2.45, 2.75) is 0 Å². The van der Waals surface area contributed by atoms with Gasteiger partial charge >= 0.3 is 0 Å². The molecule has 27 heavy (non-hydrogen) atoms. The standard InChI is InChI=1S/C20H11Cl2NO2S2/c21-12-6-8-15(16(22)10-12)17-9-7-14(25-17)11-18-19(24)23(20(26)27-18)13-4-2-1-3-5-13/h1-11H/b18-11+. The Kier molecular flexibility index (Phi) is 5.10. The van der Waals surface area contributed by atoms with Crippen molar-refractivity contribution in [2.24, 2.45) is 0 Å². The van der Waals surface area contributed by atoms with Crippen molar-refractivity contribution in [1.29, 1.82) is 0 Å². The molecule has 0 N–H and O–H groups in total. The second kappa shape index (κ2) is 7.52. The van der Waals surface area contributed by atoms with Crippen molar-refractivity contribution in [2.75, 3.05) is 4.90 Å². The van der Waals surface area contributed by atoms with Crippen molar-refractivity contribution in [3.05, 3.63) is 81.4 Å². The van der Waals surface area contributed by atoms with E-state index in [1.807, 2.05) is 30.3 Å². The van der Waals surface area contributed by atoms with Gasteiger partial charge in [0.1, 0.15) is 11.5 Å². The lowest BCUT2D eigenvalue weighted by atomic mass is 10.2. The molecule has 1 fully saturated rings. The average Bonchev–Trinajstić information content (AvgIpc) is 3.21. The van der Waals surface area contributed by atoms with Crippen LogP contribution in [0.3, 0.4) is 0 Å². The Morgan fingerprint density at radius 2 is 1.81 bits per heavy atom. The zero-order chi connectivity index (χ0) is 19.0. The van der Waals surface area contributed by atoms with E-state index in [1.165, 1.54) is 16.7 Å². The van der Waals surface area contributed by atoms with Gasteiger partial charge in [0.25, 0.3) is 5.91 Å². The van der Waals surface area contributed by atoms with E-state index in [0.29, 0.717) is 30.8 Å². The normalized spacial score (nSPS) is 15.8. The summed E-state index contributed by atoms with van der Waals surface area (Å²) in [7, 11) is 0.